The van der Waals surface area contributed by atoms with E-state index in [2.05, 4.69) is 5.32 Å². The molecule has 0 spiro atoms. The fourth-order valence-corrected chi connectivity index (χ4v) is 4.26. The fraction of sp³-hybridized carbons (Fsp3) is 0.370. The normalized spacial score (nSPS) is 12.7. The van der Waals surface area contributed by atoms with Gasteiger partial charge in [0.15, 0.2) is 0 Å². The number of hydrogen-bond acceptors (Lipinski definition) is 5. The number of para-hydroxylation sites is 1. The van der Waals surface area contributed by atoms with Crippen molar-refractivity contribution in [2.75, 3.05) is 23.9 Å². The first-order valence-corrected chi connectivity index (χ1v) is 11.7. The van der Waals surface area contributed by atoms with E-state index in [0.29, 0.717) is 59.6 Å². The summed E-state index contributed by atoms with van der Waals surface area (Å²) in [6.45, 7) is 6.21. The van der Waals surface area contributed by atoms with Crippen LogP contribution in [0, 0.1) is 6.92 Å². The van der Waals surface area contributed by atoms with E-state index in [1.165, 1.54) is 0 Å². The van der Waals surface area contributed by atoms with E-state index in [1.807, 2.05) is 45.0 Å². The highest BCUT2D eigenvalue weighted by molar-refractivity contribution is 6.09. The van der Waals surface area contributed by atoms with Crippen molar-refractivity contribution in [3.05, 3.63) is 64.2 Å². The van der Waals surface area contributed by atoms with Gasteiger partial charge >= 0.3 is 18.0 Å². The number of fused-ring (bicyclic) bond motifs is 1. The molecule has 2 N–H and O–H groups in total. The van der Waals surface area contributed by atoms with E-state index >= 15 is 0 Å². The van der Waals surface area contributed by atoms with Gasteiger partial charge in [-0.1, -0.05) is 36.8 Å². The topological polar surface area (TPSA) is 105 Å². The number of ether oxygens (including phenoxy) is 2. The lowest BCUT2D eigenvalue weighted by molar-refractivity contribution is -0.136. The fourth-order valence-electron chi connectivity index (χ4n) is 4.26. The highest BCUT2D eigenvalue weighted by atomic mass is 16.5. The Bertz CT molecular complexity index is 1140. The molecule has 3 rings (SSSR count). The number of carbonyl (C=O) groups is 3. The van der Waals surface area contributed by atoms with Crippen LogP contribution >= 0.6 is 0 Å². The lowest BCUT2D eigenvalue weighted by Gasteiger charge is -2.29. The highest BCUT2D eigenvalue weighted by Gasteiger charge is 2.35. The smallest absolute Gasteiger partial charge is 0.341 e. The molecular formula is C27H32N2O6. The number of hydrogen-bond donors (Lipinski definition) is 2. The summed E-state index contributed by atoms with van der Waals surface area (Å²) in [5, 5.41) is 11.9. The first kappa shape index (κ1) is 25.8. The number of urea groups is 1. The largest absolute Gasteiger partial charge is 0.496 e. The summed E-state index contributed by atoms with van der Waals surface area (Å²) in [6, 6.07) is 8.76. The van der Waals surface area contributed by atoms with Crippen LogP contribution in [0.1, 0.15) is 60.2 Å². The molecule has 1 heterocycles. The van der Waals surface area contributed by atoms with E-state index in [9.17, 15) is 14.4 Å². The van der Waals surface area contributed by atoms with Crippen LogP contribution in [0.15, 0.2) is 42.0 Å². The Morgan fingerprint density at radius 1 is 1.23 bits per heavy atom. The quantitative estimate of drug-likeness (QED) is 0.345. The zero-order chi connectivity index (χ0) is 25.5. The Morgan fingerprint density at radius 2 is 1.94 bits per heavy atom. The van der Waals surface area contributed by atoms with E-state index in [4.69, 9.17) is 14.6 Å². The lowest BCUT2D eigenvalue weighted by Crippen LogP contribution is -2.37. The van der Waals surface area contributed by atoms with E-state index in [0.717, 1.165) is 11.1 Å². The van der Waals surface area contributed by atoms with E-state index in [-0.39, 0.29) is 19.1 Å². The molecule has 0 radical (unpaired) electrons. The second-order valence-electron chi connectivity index (χ2n) is 8.51. The van der Waals surface area contributed by atoms with Gasteiger partial charge in [-0.3, -0.25) is 9.69 Å². The molecule has 1 aliphatic heterocycles. The van der Waals surface area contributed by atoms with Gasteiger partial charge in [0.05, 0.1) is 18.4 Å². The average Bonchev–Trinajstić information content (AvgIpc) is 3.22. The highest BCUT2D eigenvalue weighted by Crippen LogP contribution is 2.43. The van der Waals surface area contributed by atoms with Crippen molar-refractivity contribution in [2.24, 2.45) is 0 Å². The lowest BCUT2D eigenvalue weighted by atomic mass is 9.92. The molecule has 186 valence electrons. The molecule has 2 aromatic rings. The Morgan fingerprint density at radius 3 is 2.57 bits per heavy atom. The molecular weight excluding hydrogens is 448 g/mol. The van der Waals surface area contributed by atoms with Crippen molar-refractivity contribution in [2.45, 2.75) is 53.1 Å². The zero-order valence-electron chi connectivity index (χ0n) is 20.6. The molecule has 0 bridgehead atoms. The maximum absolute atomic E-state index is 13.5. The van der Waals surface area contributed by atoms with Gasteiger partial charge in [-0.05, 0) is 50.8 Å². The second kappa shape index (κ2) is 11.6. The minimum atomic E-state index is -0.862. The van der Waals surface area contributed by atoms with Crippen molar-refractivity contribution in [3.8, 4) is 5.75 Å². The van der Waals surface area contributed by atoms with Crippen molar-refractivity contribution in [1.82, 2.24) is 0 Å². The maximum Gasteiger partial charge on any atom is 0.341 e. The summed E-state index contributed by atoms with van der Waals surface area (Å²) in [5.74, 6) is -0.742. The molecule has 0 aliphatic carbocycles. The summed E-state index contributed by atoms with van der Waals surface area (Å²) in [4.78, 5) is 39.0. The van der Waals surface area contributed by atoms with Gasteiger partial charge in [0.1, 0.15) is 12.4 Å². The number of methoxy groups -OCH3 is 1. The molecule has 0 saturated carbocycles. The Balaban J connectivity index is 2.14. The van der Waals surface area contributed by atoms with Gasteiger partial charge in [-0.15, -0.1) is 0 Å². The van der Waals surface area contributed by atoms with Gasteiger partial charge in [0.25, 0.3) is 0 Å². The Kier molecular flexibility index (Phi) is 8.52. The second-order valence-corrected chi connectivity index (χ2v) is 8.51. The van der Waals surface area contributed by atoms with Crippen molar-refractivity contribution >= 4 is 29.3 Å². The van der Waals surface area contributed by atoms with Crippen molar-refractivity contribution < 1.29 is 29.0 Å². The number of cyclic esters (lactones) is 1. The number of nitrogens with one attached hydrogen (secondary N) is 1. The molecule has 8 nitrogen and oxygen atoms in total. The number of rotatable bonds is 10. The number of carboxylic acids is 1. The summed E-state index contributed by atoms with van der Waals surface area (Å²) < 4.78 is 11.2. The number of carbonyl (C=O) groups excluding carboxylic acids is 2. The Hall–Kier alpha value is -3.81. The monoisotopic (exact) mass is 480 g/mol. The standard InChI is InChI=1S/C27H32N2O6/c1-5-15-29(27(33)28-19-9-7-6-8-10-19)24-20(13-11-17(2)12-14-22(30)31)25(34-4)18(3)21-16-35-26(32)23(21)24/h6-11H,5,12-16H2,1-4H3,(H,28,33)(H,30,31)/b17-11+. The van der Waals surface area contributed by atoms with Crippen LogP contribution in [0.5, 0.6) is 5.75 Å². The molecule has 0 saturated heterocycles. The van der Waals surface area contributed by atoms with Gasteiger partial charge in [-0.2, -0.15) is 0 Å². The SMILES string of the molecule is CCCN(C(=O)Nc1ccccc1)c1c(C/C=C(\C)CCC(=O)O)c(OC)c(C)c2c1C(=O)OC2. The number of anilines is 2. The number of carboxylic acid groups (broad SMARTS) is 1. The van der Waals surface area contributed by atoms with Crippen LogP contribution in [0.25, 0.3) is 0 Å². The van der Waals surface area contributed by atoms with Crippen LogP contribution < -0.4 is 15.0 Å². The predicted octanol–water partition coefficient (Wildman–Crippen LogP) is 5.48. The van der Waals surface area contributed by atoms with Crippen LogP contribution in [0.3, 0.4) is 0 Å². The molecule has 0 unspecified atom stereocenters. The third-order valence-electron chi connectivity index (χ3n) is 6.02. The van der Waals surface area contributed by atoms with Gasteiger partial charge in [0, 0.05) is 29.8 Å². The van der Waals surface area contributed by atoms with Crippen molar-refractivity contribution in [1.29, 1.82) is 0 Å². The average molecular weight is 481 g/mol. The first-order valence-electron chi connectivity index (χ1n) is 11.7. The molecule has 2 aromatic carbocycles. The zero-order valence-corrected chi connectivity index (χ0v) is 20.6. The van der Waals surface area contributed by atoms with Gasteiger partial charge < -0.3 is 19.9 Å². The van der Waals surface area contributed by atoms with Crippen LogP contribution in [-0.4, -0.2) is 36.7 Å². The maximum atomic E-state index is 13.5. The van der Waals surface area contributed by atoms with Crippen LogP contribution in [0.2, 0.25) is 0 Å². The number of aliphatic carboxylic acids is 1. The van der Waals surface area contributed by atoms with Gasteiger partial charge in [-0.25, -0.2) is 9.59 Å². The molecule has 35 heavy (non-hydrogen) atoms. The molecule has 0 fully saturated rings. The molecule has 8 heteroatoms. The summed E-state index contributed by atoms with van der Waals surface area (Å²) >= 11 is 0. The first-order chi connectivity index (χ1) is 16.8. The van der Waals surface area contributed by atoms with Crippen LogP contribution in [-0.2, 0) is 22.6 Å². The number of allylic oxidation sites excluding steroid dienone is 2. The van der Waals surface area contributed by atoms with Crippen LogP contribution in [0.4, 0.5) is 16.2 Å². The third-order valence-corrected chi connectivity index (χ3v) is 6.02. The molecule has 0 atom stereocenters. The van der Waals surface area contributed by atoms with Gasteiger partial charge in [0.2, 0.25) is 0 Å². The third kappa shape index (κ3) is 5.82. The van der Waals surface area contributed by atoms with Crippen molar-refractivity contribution in [3.63, 3.8) is 0 Å². The minimum Gasteiger partial charge on any atom is -0.496 e. The molecule has 1 aliphatic rings. The summed E-state index contributed by atoms with van der Waals surface area (Å²) in [7, 11) is 1.56. The predicted molar refractivity (Wildman–Crippen MR) is 134 cm³/mol. The Labute approximate surface area is 205 Å². The minimum absolute atomic E-state index is 0.0311. The summed E-state index contributed by atoms with van der Waals surface area (Å²) in [6.07, 6.45) is 3.39. The summed E-state index contributed by atoms with van der Waals surface area (Å²) in [5.41, 5.74) is 4.59. The number of esters is 1. The van der Waals surface area contributed by atoms with E-state index in [1.54, 1.807) is 24.1 Å². The molecule has 0 aromatic heterocycles. The van der Waals surface area contributed by atoms with E-state index < -0.39 is 11.9 Å². The number of benzene rings is 2. The molecule has 2 amide bonds. The number of amides is 2. The number of nitrogens with zero attached hydrogens (tertiary/aromatic N) is 1.